The SMILES string of the molecule is C[C@H]1c2c(cc(F)c(Cl)c2-c2c(C(N)=O)ccc(OCCF)c2F)O[C@]1(CNC1CCC(C(=O)N2CCC3(CC2)CC(N2CCC(c4c(F)cc5c(N6CCC(=O)NC6=O)nn(C)c5c4F)CC2)C3)CC1)c1ccccc1. The number of ether oxygens (including phenoxy) is 2. The molecule has 5 aromatic rings. The number of hydrogen-bond donors (Lipinski definition) is 3. The average Bonchev–Trinajstić information content (AvgIpc) is 4.01. The van der Waals surface area contributed by atoms with Crippen LogP contribution in [0.25, 0.3) is 22.0 Å². The third kappa shape index (κ3) is 9.36. The van der Waals surface area contributed by atoms with Crippen LogP contribution in [0.5, 0.6) is 11.5 Å². The predicted octanol–water partition coefficient (Wildman–Crippen LogP) is 9.53. The van der Waals surface area contributed by atoms with Crippen LogP contribution >= 0.6 is 11.6 Å². The third-order valence-corrected chi connectivity index (χ3v) is 18.2. The molecule has 5 amide bonds. The Morgan fingerprint density at radius 1 is 0.896 bits per heavy atom. The lowest BCUT2D eigenvalue weighted by molar-refractivity contribution is -0.141. The number of fused-ring (bicyclic) bond motifs is 2. The number of alkyl halides is 1. The number of amides is 5. The van der Waals surface area contributed by atoms with Crippen molar-refractivity contribution in [3.63, 3.8) is 0 Å². The number of primary amides is 1. The van der Waals surface area contributed by atoms with Crippen molar-refractivity contribution in [3.8, 4) is 22.6 Å². The molecule has 4 aromatic carbocycles. The van der Waals surface area contributed by atoms with Gasteiger partial charge < -0.3 is 30.3 Å². The fourth-order valence-electron chi connectivity index (χ4n) is 13.6. The number of benzene rings is 4. The summed E-state index contributed by atoms with van der Waals surface area (Å²) in [5, 5.41) is 10.1. The topological polar surface area (TPSA) is 164 Å². The van der Waals surface area contributed by atoms with Crippen molar-refractivity contribution in [2.75, 3.05) is 57.4 Å². The fourth-order valence-corrected chi connectivity index (χ4v) is 13.9. The number of halogens is 6. The lowest BCUT2D eigenvalue weighted by Crippen LogP contribution is -2.57. The van der Waals surface area contributed by atoms with Crippen molar-refractivity contribution >= 4 is 52.1 Å². The number of piperidine rings is 2. The summed E-state index contributed by atoms with van der Waals surface area (Å²) in [5.74, 6) is -5.56. The zero-order valence-electron chi connectivity index (χ0n) is 43.0. The maximum Gasteiger partial charge on any atom is 0.329 e. The van der Waals surface area contributed by atoms with Gasteiger partial charge in [0.15, 0.2) is 28.8 Å². The molecule has 3 saturated heterocycles. The van der Waals surface area contributed by atoms with Crippen molar-refractivity contribution in [1.82, 2.24) is 30.2 Å². The van der Waals surface area contributed by atoms with Crippen LogP contribution in [0.3, 0.4) is 0 Å². The highest BCUT2D eigenvalue weighted by molar-refractivity contribution is 6.34. The van der Waals surface area contributed by atoms with Crippen LogP contribution in [0.4, 0.5) is 32.6 Å². The van der Waals surface area contributed by atoms with Crippen LogP contribution < -0.4 is 30.7 Å². The summed E-state index contributed by atoms with van der Waals surface area (Å²) < 4.78 is 91.1. The van der Waals surface area contributed by atoms with Crippen molar-refractivity contribution in [2.24, 2.45) is 24.1 Å². The maximum atomic E-state index is 16.5. The van der Waals surface area contributed by atoms with Crippen LogP contribution in [0.15, 0.2) is 54.6 Å². The van der Waals surface area contributed by atoms with E-state index in [1.807, 2.05) is 42.2 Å². The number of anilines is 1. The second-order valence-corrected chi connectivity index (χ2v) is 22.4. The van der Waals surface area contributed by atoms with E-state index >= 15 is 17.6 Å². The Kier molecular flexibility index (Phi) is 14.3. The number of aromatic nitrogens is 2. The molecule has 2 saturated carbocycles. The molecule has 1 aromatic heterocycles. The Balaban J connectivity index is 0.688. The van der Waals surface area contributed by atoms with Gasteiger partial charge in [0.05, 0.1) is 16.0 Å². The summed E-state index contributed by atoms with van der Waals surface area (Å²) in [7, 11) is 1.57. The Hall–Kier alpha value is -6.31. The number of hydrogen-bond acceptors (Lipinski definition) is 9. The minimum Gasteiger partial charge on any atom is -0.488 e. The van der Waals surface area contributed by atoms with Crippen LogP contribution in [-0.4, -0.2) is 108 Å². The molecule has 0 bridgehead atoms. The van der Waals surface area contributed by atoms with Gasteiger partial charge in [0.1, 0.15) is 36.2 Å². The normalized spacial score (nSPS) is 24.0. The Labute approximate surface area is 447 Å². The molecule has 6 aliphatic rings. The molecule has 4 aliphatic heterocycles. The zero-order chi connectivity index (χ0) is 54.1. The number of carbonyl (C=O) groups excluding carboxylic acids is 4. The Bertz CT molecular complexity index is 3150. The van der Waals surface area contributed by atoms with E-state index in [1.54, 1.807) is 7.05 Å². The summed E-state index contributed by atoms with van der Waals surface area (Å²) in [6.45, 7) is 3.75. The van der Waals surface area contributed by atoms with E-state index in [4.69, 9.17) is 26.8 Å². The second kappa shape index (κ2) is 20.8. The van der Waals surface area contributed by atoms with Gasteiger partial charge in [0.25, 0.3) is 0 Å². The first-order chi connectivity index (χ1) is 37.0. The molecule has 14 nitrogen and oxygen atoms in total. The number of nitrogens with two attached hydrogens (primary N) is 1. The van der Waals surface area contributed by atoms with Crippen LogP contribution in [-0.2, 0) is 22.2 Å². The minimum absolute atomic E-state index is 0.0324. The van der Waals surface area contributed by atoms with Gasteiger partial charge in [-0.1, -0.05) is 48.9 Å². The molecule has 4 N–H and O–H groups in total. The molecule has 2 atom stereocenters. The van der Waals surface area contributed by atoms with Crippen LogP contribution in [0, 0.1) is 34.6 Å². The van der Waals surface area contributed by atoms with Gasteiger partial charge in [-0.05, 0) is 112 Å². The smallest absolute Gasteiger partial charge is 0.329 e. The first-order valence-corrected chi connectivity index (χ1v) is 27.2. The molecule has 5 fully saturated rings. The van der Waals surface area contributed by atoms with Gasteiger partial charge >= 0.3 is 6.03 Å². The van der Waals surface area contributed by atoms with Gasteiger partial charge in [-0.2, -0.15) is 5.10 Å². The minimum atomic E-state index is -1.14. The van der Waals surface area contributed by atoms with Crippen molar-refractivity contribution in [1.29, 1.82) is 0 Å². The lowest BCUT2D eigenvalue weighted by Gasteiger charge is -2.56. The van der Waals surface area contributed by atoms with Gasteiger partial charge in [0.2, 0.25) is 17.7 Å². The summed E-state index contributed by atoms with van der Waals surface area (Å²) in [6, 6.07) is 14.1. The summed E-state index contributed by atoms with van der Waals surface area (Å²) in [6.07, 6.45) is 8.12. The monoisotopic (exact) mass is 1080 g/mol. The van der Waals surface area contributed by atoms with Gasteiger partial charge in [-0.15, -0.1) is 0 Å². The molecule has 0 radical (unpaired) electrons. The maximum absolute atomic E-state index is 16.5. The molecular formula is C57H62ClF5N8O6. The van der Waals surface area contributed by atoms with Crippen molar-refractivity contribution < 1.29 is 50.6 Å². The number of nitrogens with one attached hydrogen (secondary N) is 2. The van der Waals surface area contributed by atoms with Crippen molar-refractivity contribution in [2.45, 2.75) is 107 Å². The molecule has 11 rings (SSSR count). The van der Waals surface area contributed by atoms with E-state index in [9.17, 15) is 23.6 Å². The lowest BCUT2D eigenvalue weighted by atomic mass is 9.59. The largest absolute Gasteiger partial charge is 0.488 e. The van der Waals surface area contributed by atoms with E-state index in [0.29, 0.717) is 50.4 Å². The van der Waals surface area contributed by atoms with Crippen LogP contribution in [0.1, 0.15) is 116 Å². The van der Waals surface area contributed by atoms with E-state index in [0.717, 1.165) is 57.2 Å². The number of nitrogens with zero attached hydrogens (tertiary/aromatic N) is 5. The predicted molar refractivity (Wildman–Crippen MR) is 279 cm³/mol. The fraction of sp³-hybridized carbons (Fsp3) is 0.491. The van der Waals surface area contributed by atoms with Crippen molar-refractivity contribution in [3.05, 3.63) is 105 Å². The molecule has 0 unspecified atom stereocenters. The number of aryl methyl sites for hydroxylation is 1. The number of carbonyl (C=O) groups is 4. The zero-order valence-corrected chi connectivity index (χ0v) is 43.8. The number of imide groups is 1. The quantitative estimate of drug-likeness (QED) is 0.0975. The highest BCUT2D eigenvalue weighted by atomic mass is 35.5. The average molecular weight is 1090 g/mol. The first kappa shape index (κ1) is 52.7. The van der Waals surface area contributed by atoms with Crippen LogP contribution in [0.2, 0.25) is 5.02 Å². The molecule has 408 valence electrons. The molecular weight excluding hydrogens is 1020 g/mol. The summed E-state index contributed by atoms with van der Waals surface area (Å²) in [5.41, 5.74) is 5.39. The van der Waals surface area contributed by atoms with Gasteiger partial charge in [-0.25, -0.2) is 26.7 Å². The molecule has 77 heavy (non-hydrogen) atoms. The molecule has 5 heterocycles. The number of likely N-dealkylation sites (tertiary alicyclic amines) is 2. The summed E-state index contributed by atoms with van der Waals surface area (Å²) >= 11 is 6.71. The molecule has 2 aliphatic carbocycles. The third-order valence-electron chi connectivity index (χ3n) is 17.9. The summed E-state index contributed by atoms with van der Waals surface area (Å²) in [4.78, 5) is 56.9. The molecule has 1 spiro atoms. The Morgan fingerprint density at radius 2 is 1.61 bits per heavy atom. The first-order valence-electron chi connectivity index (χ1n) is 26.8. The number of rotatable bonds is 13. The van der Waals surface area contributed by atoms with E-state index in [1.165, 1.54) is 33.8 Å². The van der Waals surface area contributed by atoms with E-state index < -0.39 is 70.9 Å². The highest BCUT2D eigenvalue weighted by Gasteiger charge is 2.52. The Morgan fingerprint density at radius 3 is 2.29 bits per heavy atom. The second-order valence-electron chi connectivity index (χ2n) is 22.1. The van der Waals surface area contributed by atoms with Gasteiger partial charge in [0, 0.05) is 91.9 Å². The molecule has 20 heteroatoms. The van der Waals surface area contributed by atoms with Gasteiger partial charge in [-0.3, -0.25) is 29.3 Å². The van der Waals surface area contributed by atoms with E-state index in [2.05, 4.69) is 20.6 Å². The highest BCUT2D eigenvalue weighted by Crippen LogP contribution is 2.57. The standard InChI is InChI=1S/C57H62ClF5N8O6/c1-31-44-42(27-40(61)48(58)47(44)46-37(52(64)73)12-13-41(49(46)62)76-25-19-59)77-57(31,34-6-4-3-5-7-34)30-65-35-10-8-33(9-11-35)54(74)70-23-17-56(18-24-70)28-36(29-56)69-20-14-32(15-21-69)45-39(60)26-38-51(50(45)63)68(2)67-53(38)71-22-16-43(72)66-55(71)75/h3-7,12-13,26-27,31-33,35-36,65H,8-11,14-25,28-30H2,1-2H3,(H2,64,73)(H,66,72,75)/t31-,33?,35?,57-/m0/s1. The van der Waals surface area contributed by atoms with E-state index in [-0.39, 0.29) is 99.2 Å². The number of urea groups is 1.